The SMILES string of the molecule is C=CCN1C(=O)C2C3CC(C2C1=O)C1([Si](C)(C)C)OC31. The highest BCUT2D eigenvalue weighted by molar-refractivity contribution is 6.80. The van der Waals surface area contributed by atoms with Gasteiger partial charge in [0.1, 0.15) is 0 Å². The highest BCUT2D eigenvalue weighted by Crippen LogP contribution is 2.72. The van der Waals surface area contributed by atoms with Crippen molar-refractivity contribution in [3.05, 3.63) is 12.7 Å². The van der Waals surface area contributed by atoms with Gasteiger partial charge in [0.05, 0.1) is 31.2 Å². The summed E-state index contributed by atoms with van der Waals surface area (Å²) in [4.78, 5) is 26.6. The monoisotopic (exact) mass is 291 g/mol. The molecule has 20 heavy (non-hydrogen) atoms. The first-order valence-corrected chi connectivity index (χ1v) is 11.0. The van der Waals surface area contributed by atoms with Crippen LogP contribution in [0.2, 0.25) is 19.6 Å². The molecule has 4 rings (SSSR count). The number of fused-ring (bicyclic) bond motifs is 8. The van der Waals surface area contributed by atoms with E-state index in [1.165, 1.54) is 4.90 Å². The highest BCUT2D eigenvalue weighted by atomic mass is 28.3. The molecule has 2 saturated carbocycles. The maximum atomic E-state index is 12.6. The minimum Gasteiger partial charge on any atom is -0.369 e. The van der Waals surface area contributed by atoms with Gasteiger partial charge in [-0.05, 0) is 6.42 Å². The average Bonchev–Trinajstić information content (AvgIpc) is 2.84. The lowest BCUT2D eigenvalue weighted by Gasteiger charge is -2.34. The molecule has 2 amide bonds. The molecule has 5 heteroatoms. The van der Waals surface area contributed by atoms with Crippen LogP contribution in [0.25, 0.3) is 0 Å². The summed E-state index contributed by atoms with van der Waals surface area (Å²) >= 11 is 0. The van der Waals surface area contributed by atoms with E-state index in [9.17, 15) is 9.59 Å². The maximum Gasteiger partial charge on any atom is 0.233 e. The van der Waals surface area contributed by atoms with Crippen molar-refractivity contribution in [3.8, 4) is 0 Å². The van der Waals surface area contributed by atoms with Crippen LogP contribution in [0.4, 0.5) is 0 Å². The Balaban J connectivity index is 1.73. The molecule has 0 aromatic heterocycles. The topological polar surface area (TPSA) is 49.9 Å². The first-order valence-electron chi connectivity index (χ1n) is 7.48. The Kier molecular flexibility index (Phi) is 2.20. The fraction of sp³-hybridized carbons (Fsp3) is 0.733. The van der Waals surface area contributed by atoms with Crippen molar-refractivity contribution in [2.45, 2.75) is 37.4 Å². The lowest BCUT2D eigenvalue weighted by molar-refractivity contribution is -0.140. The Morgan fingerprint density at radius 3 is 2.60 bits per heavy atom. The summed E-state index contributed by atoms with van der Waals surface area (Å²) in [5, 5.41) is -0.0288. The molecule has 4 nitrogen and oxygen atoms in total. The Hall–Kier alpha value is -0.943. The van der Waals surface area contributed by atoms with Gasteiger partial charge in [-0.25, -0.2) is 0 Å². The molecule has 0 aromatic carbocycles. The maximum absolute atomic E-state index is 12.6. The molecule has 6 atom stereocenters. The van der Waals surface area contributed by atoms with Gasteiger partial charge in [-0.2, -0.15) is 0 Å². The second kappa shape index (κ2) is 3.44. The fourth-order valence-electron chi connectivity index (χ4n) is 5.34. The zero-order valence-corrected chi connectivity index (χ0v) is 13.3. The van der Waals surface area contributed by atoms with Gasteiger partial charge in [0.2, 0.25) is 11.8 Å². The quantitative estimate of drug-likeness (QED) is 0.342. The lowest BCUT2D eigenvalue weighted by Crippen LogP contribution is -2.52. The van der Waals surface area contributed by atoms with Crippen LogP contribution in [0.5, 0.6) is 0 Å². The molecule has 2 heterocycles. The predicted octanol–water partition coefficient (Wildman–Crippen LogP) is 1.44. The number of hydrogen-bond acceptors (Lipinski definition) is 3. The van der Waals surface area contributed by atoms with Gasteiger partial charge >= 0.3 is 0 Å². The van der Waals surface area contributed by atoms with E-state index in [4.69, 9.17) is 4.74 Å². The summed E-state index contributed by atoms with van der Waals surface area (Å²) in [6, 6.07) is 0. The van der Waals surface area contributed by atoms with Crippen LogP contribution in [-0.2, 0) is 14.3 Å². The molecule has 6 unspecified atom stereocenters. The van der Waals surface area contributed by atoms with E-state index in [1.807, 2.05) is 0 Å². The van der Waals surface area contributed by atoms with Crippen LogP contribution in [0.15, 0.2) is 12.7 Å². The van der Waals surface area contributed by atoms with E-state index in [0.29, 0.717) is 6.54 Å². The summed E-state index contributed by atoms with van der Waals surface area (Å²) in [5.41, 5.74) is 0. The second-order valence-electron chi connectivity index (χ2n) is 7.71. The van der Waals surface area contributed by atoms with Gasteiger partial charge < -0.3 is 4.74 Å². The van der Waals surface area contributed by atoms with E-state index >= 15 is 0 Å². The Bertz CT molecular complexity index is 540. The molecule has 0 spiro atoms. The summed E-state index contributed by atoms with van der Waals surface area (Å²) in [7, 11) is -1.50. The van der Waals surface area contributed by atoms with Crippen molar-refractivity contribution in [2.75, 3.05) is 6.54 Å². The van der Waals surface area contributed by atoms with E-state index in [1.54, 1.807) is 6.08 Å². The van der Waals surface area contributed by atoms with Crippen molar-refractivity contribution >= 4 is 19.9 Å². The number of amides is 2. The molecule has 4 fully saturated rings. The second-order valence-corrected chi connectivity index (χ2v) is 13.0. The van der Waals surface area contributed by atoms with Crippen molar-refractivity contribution < 1.29 is 14.3 Å². The molecule has 2 bridgehead atoms. The molecule has 0 aromatic rings. The van der Waals surface area contributed by atoms with E-state index in [0.717, 1.165) is 6.42 Å². The predicted molar refractivity (Wildman–Crippen MR) is 76.4 cm³/mol. The summed E-state index contributed by atoms with van der Waals surface area (Å²) in [6.07, 6.45) is 2.91. The minimum atomic E-state index is -1.50. The van der Waals surface area contributed by atoms with Crippen molar-refractivity contribution in [1.82, 2.24) is 4.90 Å². The summed E-state index contributed by atoms with van der Waals surface area (Å²) in [6.45, 7) is 11.0. The van der Waals surface area contributed by atoms with Crippen LogP contribution in [0.1, 0.15) is 6.42 Å². The molecule has 0 radical (unpaired) electrons. The van der Waals surface area contributed by atoms with Crippen LogP contribution in [0.3, 0.4) is 0 Å². The third-order valence-electron chi connectivity index (χ3n) is 6.02. The molecule has 108 valence electrons. The number of epoxide rings is 1. The van der Waals surface area contributed by atoms with E-state index in [2.05, 4.69) is 26.2 Å². The van der Waals surface area contributed by atoms with Gasteiger partial charge in [-0.1, -0.05) is 25.7 Å². The van der Waals surface area contributed by atoms with Gasteiger partial charge in [-0.15, -0.1) is 6.58 Å². The van der Waals surface area contributed by atoms with Crippen LogP contribution < -0.4 is 0 Å². The number of imide groups is 1. The van der Waals surface area contributed by atoms with Gasteiger partial charge in [0, 0.05) is 18.4 Å². The number of hydrogen-bond donors (Lipinski definition) is 0. The lowest BCUT2D eigenvalue weighted by atomic mass is 9.81. The number of carbonyl (C=O) groups is 2. The molecule has 0 N–H and O–H groups in total. The molecule has 4 aliphatic rings. The smallest absolute Gasteiger partial charge is 0.233 e. The molecule has 2 aliphatic carbocycles. The number of rotatable bonds is 3. The highest BCUT2D eigenvalue weighted by Gasteiger charge is 2.83. The molecule has 2 aliphatic heterocycles. The van der Waals surface area contributed by atoms with Crippen LogP contribution >= 0.6 is 0 Å². The minimum absolute atomic E-state index is 0.0204. The van der Waals surface area contributed by atoms with Crippen molar-refractivity contribution in [3.63, 3.8) is 0 Å². The molecular formula is C15H21NO3Si. The largest absolute Gasteiger partial charge is 0.369 e. The van der Waals surface area contributed by atoms with Crippen LogP contribution in [-0.4, -0.2) is 42.7 Å². The van der Waals surface area contributed by atoms with Crippen molar-refractivity contribution in [1.29, 1.82) is 0 Å². The van der Waals surface area contributed by atoms with E-state index < -0.39 is 8.07 Å². The van der Waals surface area contributed by atoms with Crippen molar-refractivity contribution in [2.24, 2.45) is 23.7 Å². The number of ether oxygens (including phenoxy) is 1. The van der Waals surface area contributed by atoms with Gasteiger partial charge in [-0.3, -0.25) is 14.5 Å². The fourth-order valence-corrected chi connectivity index (χ4v) is 8.29. The average molecular weight is 291 g/mol. The Morgan fingerprint density at radius 2 is 2.00 bits per heavy atom. The number of nitrogens with zero attached hydrogens (tertiary/aromatic N) is 1. The molecular weight excluding hydrogens is 270 g/mol. The van der Waals surface area contributed by atoms with Crippen LogP contribution in [0, 0.1) is 23.7 Å². The summed E-state index contributed by atoms with van der Waals surface area (Å²) in [5.74, 6) is 0.386. The van der Waals surface area contributed by atoms with Gasteiger partial charge in [0.25, 0.3) is 0 Å². The Morgan fingerprint density at radius 1 is 1.35 bits per heavy atom. The first-order chi connectivity index (χ1) is 9.34. The Labute approximate surface area is 120 Å². The standard InChI is InChI=1S/C15H21NO3Si/c1-5-6-16-13(17)10-8-7-9(11(10)14(16)18)15(12(8)19-15)20(2,3)4/h5,8-12H,1,6-7H2,2-4H3. The molecule has 2 saturated heterocycles. The third-order valence-corrected chi connectivity index (χ3v) is 9.14. The summed E-state index contributed by atoms with van der Waals surface area (Å²) < 4.78 is 6.14. The number of likely N-dealkylation sites (tertiary alicyclic amines) is 1. The van der Waals surface area contributed by atoms with E-state index in [-0.39, 0.29) is 46.8 Å². The zero-order chi connectivity index (χ0) is 14.4. The third kappa shape index (κ3) is 1.14. The zero-order valence-electron chi connectivity index (χ0n) is 12.3. The normalized spacial score (nSPS) is 48.5. The first kappa shape index (κ1) is 12.8. The van der Waals surface area contributed by atoms with Gasteiger partial charge in [0.15, 0.2) is 0 Å². The number of carbonyl (C=O) groups excluding carboxylic acids is 2.